The predicted molar refractivity (Wildman–Crippen MR) is 111 cm³/mol. The molecule has 0 amide bonds. The maximum Gasteiger partial charge on any atom is 0.338 e. The lowest BCUT2D eigenvalue weighted by atomic mass is 10.1. The molecule has 0 spiro atoms. The van der Waals surface area contributed by atoms with E-state index >= 15 is 4.39 Å². The topological polar surface area (TPSA) is 80.3 Å². The molecule has 2 aliphatic heterocycles. The molecule has 1 unspecified atom stereocenters. The third kappa shape index (κ3) is 5.51. The first-order valence-corrected chi connectivity index (χ1v) is 10.7. The summed E-state index contributed by atoms with van der Waals surface area (Å²) in [5, 5.41) is 0. The molecule has 2 aliphatic rings. The predicted octanol–water partition coefficient (Wildman–Crippen LogP) is 3.68. The minimum Gasteiger partial charge on any atom is -0.459 e. The summed E-state index contributed by atoms with van der Waals surface area (Å²) in [6.45, 7) is 0.227. The van der Waals surface area contributed by atoms with E-state index in [0.717, 1.165) is 12.8 Å². The van der Waals surface area contributed by atoms with Gasteiger partial charge < -0.3 is 23.7 Å². The maximum atomic E-state index is 15.3. The number of halogens is 1. The minimum absolute atomic E-state index is 0.278. The Morgan fingerprint density at radius 2 is 1.59 bits per heavy atom. The zero-order valence-electron chi connectivity index (χ0n) is 17.4. The van der Waals surface area contributed by atoms with Crippen LogP contribution in [-0.2, 0) is 23.7 Å². The van der Waals surface area contributed by atoms with Gasteiger partial charge in [0.1, 0.15) is 12.7 Å². The van der Waals surface area contributed by atoms with Gasteiger partial charge in [0.2, 0.25) is 0 Å². The molecule has 0 N–H and O–H groups in total. The summed E-state index contributed by atoms with van der Waals surface area (Å²) in [5.41, 5.74) is 0.628. The fraction of sp³-hybridized carbons (Fsp3) is 0.417. The third-order valence-electron chi connectivity index (χ3n) is 5.31. The van der Waals surface area contributed by atoms with E-state index in [0.29, 0.717) is 18.6 Å². The molecular formula is C24H25FO7. The molecule has 4 rings (SSSR count). The molecule has 2 aromatic rings. The van der Waals surface area contributed by atoms with Crippen LogP contribution in [0.5, 0.6) is 0 Å². The Labute approximate surface area is 185 Å². The van der Waals surface area contributed by atoms with Gasteiger partial charge in [0.15, 0.2) is 24.9 Å². The average Bonchev–Trinajstić information content (AvgIpc) is 3.13. The average molecular weight is 444 g/mol. The van der Waals surface area contributed by atoms with Gasteiger partial charge in [-0.1, -0.05) is 36.4 Å². The number of carbonyl (C=O) groups is 2. The molecule has 2 heterocycles. The highest BCUT2D eigenvalue weighted by Gasteiger charge is 2.50. The zero-order valence-corrected chi connectivity index (χ0v) is 17.4. The number of esters is 2. The number of carbonyl (C=O) groups excluding carboxylic acids is 2. The molecule has 0 aromatic heterocycles. The number of hydrogen-bond donors (Lipinski definition) is 0. The molecule has 0 radical (unpaired) electrons. The van der Waals surface area contributed by atoms with Crippen molar-refractivity contribution in [3.63, 3.8) is 0 Å². The highest BCUT2D eigenvalue weighted by atomic mass is 19.1. The third-order valence-corrected chi connectivity index (χ3v) is 5.31. The van der Waals surface area contributed by atoms with Crippen molar-refractivity contribution in [1.29, 1.82) is 0 Å². The molecule has 5 atom stereocenters. The Balaban J connectivity index is 1.44. The lowest BCUT2D eigenvalue weighted by Gasteiger charge is -2.26. The normalized spacial score (nSPS) is 27.6. The Bertz CT molecular complexity index is 886. The molecule has 2 aromatic carbocycles. The lowest BCUT2D eigenvalue weighted by Crippen LogP contribution is -2.38. The van der Waals surface area contributed by atoms with Crippen LogP contribution < -0.4 is 0 Å². The van der Waals surface area contributed by atoms with Crippen LogP contribution in [0.2, 0.25) is 0 Å². The highest BCUT2D eigenvalue weighted by Crippen LogP contribution is 2.31. The second kappa shape index (κ2) is 10.7. The Hall–Kier alpha value is -2.81. The second-order valence-corrected chi connectivity index (χ2v) is 7.62. The van der Waals surface area contributed by atoms with Gasteiger partial charge >= 0.3 is 11.9 Å². The summed E-state index contributed by atoms with van der Waals surface area (Å²) < 4.78 is 42.8. The lowest BCUT2D eigenvalue weighted by molar-refractivity contribution is -0.261. The van der Waals surface area contributed by atoms with Gasteiger partial charge in [0, 0.05) is 6.61 Å². The van der Waals surface area contributed by atoms with Gasteiger partial charge in [-0.2, -0.15) is 0 Å². The summed E-state index contributed by atoms with van der Waals surface area (Å²) in [6, 6.07) is 16.7. The van der Waals surface area contributed by atoms with E-state index in [1.54, 1.807) is 60.7 Å². The van der Waals surface area contributed by atoms with E-state index in [1.807, 2.05) is 0 Å². The van der Waals surface area contributed by atoms with Crippen LogP contribution in [0.1, 0.15) is 40.0 Å². The standard InChI is InChI=1S/C24H25FO7/c25-20-21(32-23(27)17-11-5-2-6-12-17)18(15-29-22(26)16-9-3-1-4-10-16)30-24(20)31-19-13-7-8-14-28-19/h1-6,9-12,18-21,24H,7-8,13-15H2/t18-,19?,20-,21-,24-/m1/s1. The number of alkyl halides is 1. The van der Waals surface area contributed by atoms with E-state index in [2.05, 4.69) is 0 Å². The van der Waals surface area contributed by atoms with Crippen LogP contribution in [0.4, 0.5) is 4.39 Å². The van der Waals surface area contributed by atoms with Crippen LogP contribution in [0, 0.1) is 0 Å². The van der Waals surface area contributed by atoms with E-state index in [1.165, 1.54) is 0 Å². The number of rotatable bonds is 7. The van der Waals surface area contributed by atoms with E-state index in [9.17, 15) is 9.59 Å². The fourth-order valence-electron chi connectivity index (χ4n) is 3.62. The minimum atomic E-state index is -1.77. The maximum absolute atomic E-state index is 15.3. The van der Waals surface area contributed by atoms with Crippen molar-refractivity contribution >= 4 is 11.9 Å². The molecule has 8 heteroatoms. The van der Waals surface area contributed by atoms with Crippen molar-refractivity contribution in [2.24, 2.45) is 0 Å². The smallest absolute Gasteiger partial charge is 0.338 e. The van der Waals surface area contributed by atoms with Gasteiger partial charge in [-0.3, -0.25) is 0 Å². The number of benzene rings is 2. The van der Waals surface area contributed by atoms with E-state index in [4.69, 9.17) is 23.7 Å². The van der Waals surface area contributed by atoms with Crippen LogP contribution >= 0.6 is 0 Å². The quantitative estimate of drug-likeness (QED) is 0.603. The summed E-state index contributed by atoms with van der Waals surface area (Å²) >= 11 is 0. The van der Waals surface area contributed by atoms with Crippen molar-refractivity contribution in [2.45, 2.75) is 50.2 Å². The SMILES string of the molecule is O=C(OC[C@H]1O[C@H](OC2CCCCO2)[C@H](F)[C@@H]1OC(=O)c1ccccc1)c1ccccc1. The first-order valence-electron chi connectivity index (χ1n) is 10.7. The highest BCUT2D eigenvalue weighted by molar-refractivity contribution is 5.90. The summed E-state index contributed by atoms with van der Waals surface area (Å²) in [5.74, 6) is -1.28. The molecular weight excluding hydrogens is 419 g/mol. The Morgan fingerprint density at radius 1 is 0.938 bits per heavy atom. The Kier molecular flexibility index (Phi) is 7.47. The first-order chi connectivity index (χ1) is 15.6. The monoisotopic (exact) mass is 444 g/mol. The van der Waals surface area contributed by atoms with Crippen molar-refractivity contribution < 1.29 is 37.7 Å². The molecule has 7 nitrogen and oxygen atoms in total. The fourth-order valence-corrected chi connectivity index (χ4v) is 3.62. The number of ether oxygens (including phenoxy) is 5. The van der Waals surface area contributed by atoms with Crippen molar-refractivity contribution in [3.8, 4) is 0 Å². The molecule has 0 bridgehead atoms. The van der Waals surface area contributed by atoms with Gasteiger partial charge in [-0.25, -0.2) is 14.0 Å². The molecule has 170 valence electrons. The van der Waals surface area contributed by atoms with Gasteiger partial charge in [-0.05, 0) is 43.5 Å². The van der Waals surface area contributed by atoms with E-state index < -0.39 is 42.9 Å². The van der Waals surface area contributed by atoms with Gasteiger partial charge in [0.25, 0.3) is 0 Å². The van der Waals surface area contributed by atoms with Crippen molar-refractivity contribution in [2.75, 3.05) is 13.2 Å². The molecule has 2 saturated heterocycles. The van der Waals surface area contributed by atoms with Gasteiger partial charge in [-0.15, -0.1) is 0 Å². The second-order valence-electron chi connectivity index (χ2n) is 7.62. The first kappa shape index (κ1) is 22.4. The molecule has 0 aliphatic carbocycles. The summed E-state index contributed by atoms with van der Waals surface area (Å²) in [6.07, 6.45) is -3.56. The van der Waals surface area contributed by atoms with Crippen LogP contribution in [-0.4, -0.2) is 56.1 Å². The van der Waals surface area contributed by atoms with Crippen LogP contribution in [0.3, 0.4) is 0 Å². The van der Waals surface area contributed by atoms with Crippen molar-refractivity contribution in [3.05, 3.63) is 71.8 Å². The Morgan fingerprint density at radius 3 is 2.22 bits per heavy atom. The summed E-state index contributed by atoms with van der Waals surface area (Å²) in [7, 11) is 0. The summed E-state index contributed by atoms with van der Waals surface area (Å²) in [4.78, 5) is 24.8. The zero-order chi connectivity index (χ0) is 22.3. The van der Waals surface area contributed by atoms with Crippen LogP contribution in [0.15, 0.2) is 60.7 Å². The van der Waals surface area contributed by atoms with E-state index in [-0.39, 0.29) is 12.2 Å². The molecule has 32 heavy (non-hydrogen) atoms. The molecule has 2 fully saturated rings. The van der Waals surface area contributed by atoms with Crippen molar-refractivity contribution in [1.82, 2.24) is 0 Å². The van der Waals surface area contributed by atoms with Gasteiger partial charge in [0.05, 0.1) is 11.1 Å². The largest absolute Gasteiger partial charge is 0.459 e. The van der Waals surface area contributed by atoms with Crippen LogP contribution in [0.25, 0.3) is 0 Å². The number of hydrogen-bond acceptors (Lipinski definition) is 7. The molecule has 0 saturated carbocycles.